The molecule has 5 aromatic rings. The quantitative estimate of drug-likeness (QED) is 0.0768. The van der Waals surface area contributed by atoms with Crippen LogP contribution in [0.3, 0.4) is 0 Å². The first kappa shape index (κ1) is 59.5. The first-order valence-corrected chi connectivity index (χ1v) is 22.5. The number of alkyl halides is 1. The van der Waals surface area contributed by atoms with Crippen molar-refractivity contribution in [1.82, 2.24) is 9.38 Å². The number of phenols is 1. The summed E-state index contributed by atoms with van der Waals surface area (Å²) in [7, 11) is 2.07. The van der Waals surface area contributed by atoms with E-state index >= 15 is 0 Å². The number of amides is 1. The number of phenolic OH excluding ortho intramolecular Hbond substituents is 1. The second-order valence-corrected chi connectivity index (χ2v) is 12.2. The Morgan fingerprint density at radius 3 is 1.92 bits per heavy atom. The van der Waals surface area contributed by atoms with Crippen molar-refractivity contribution >= 4 is 51.6 Å². The Labute approximate surface area is 368 Å². The summed E-state index contributed by atoms with van der Waals surface area (Å²) in [5, 5.41) is 24.0. The van der Waals surface area contributed by atoms with Crippen molar-refractivity contribution in [1.29, 1.82) is 0 Å². The molecule has 0 aliphatic carbocycles. The maximum Gasteiger partial charge on any atom is 0.255 e. The predicted octanol–water partition coefficient (Wildman–Crippen LogP) is 13.8. The summed E-state index contributed by atoms with van der Waals surface area (Å²) in [6.45, 7) is 29.2. The zero-order valence-electron chi connectivity index (χ0n) is 39.8. The number of allylic oxidation sites excluding steroid dienone is 2. The van der Waals surface area contributed by atoms with Crippen LogP contribution in [0.4, 0.5) is 11.4 Å². The monoisotopic (exact) mass is 851 g/mol. The number of rotatable bonds is 9. The molecule has 3 heterocycles. The van der Waals surface area contributed by atoms with Crippen molar-refractivity contribution in [2.45, 2.75) is 128 Å². The second kappa shape index (κ2) is 36.0. The van der Waals surface area contributed by atoms with Gasteiger partial charge in [0.15, 0.2) is 6.29 Å². The topological polar surface area (TPSA) is 116 Å². The molecule has 60 heavy (non-hydrogen) atoms. The van der Waals surface area contributed by atoms with Crippen molar-refractivity contribution in [3.05, 3.63) is 108 Å². The number of hydrogen-bond donors (Lipinski definition) is 3. The van der Waals surface area contributed by atoms with Gasteiger partial charge >= 0.3 is 0 Å². The molecule has 2 aromatic heterocycles. The first-order chi connectivity index (χ1) is 29.1. The molecule has 1 aliphatic heterocycles. The van der Waals surface area contributed by atoms with E-state index in [9.17, 15) is 14.7 Å². The van der Waals surface area contributed by atoms with Gasteiger partial charge in [-0.3, -0.25) is 9.59 Å². The fourth-order valence-electron chi connectivity index (χ4n) is 5.40. The molecule has 0 bridgehead atoms. The molecule has 0 saturated carbocycles. The number of ether oxygens (including phenoxy) is 1. The highest BCUT2D eigenvalue weighted by Crippen LogP contribution is 2.38. The van der Waals surface area contributed by atoms with Gasteiger partial charge in [-0.05, 0) is 80.5 Å². The highest BCUT2D eigenvalue weighted by atomic mass is 35.5. The molecule has 3 N–H and O–H groups in total. The number of carbonyl (C=O) groups excluding carboxylic acids is 2. The number of nitrogens with one attached hydrogen (secondary N) is 1. The largest absolute Gasteiger partial charge is 0.507 e. The maximum atomic E-state index is 12.4. The maximum absolute atomic E-state index is 12.4. The number of halogens is 1. The van der Waals surface area contributed by atoms with Crippen LogP contribution in [0.1, 0.15) is 143 Å². The van der Waals surface area contributed by atoms with E-state index in [0.29, 0.717) is 46.8 Å². The number of likely N-dealkylation sites (N-methyl/N-ethyl adjacent to an activating group) is 1. The van der Waals surface area contributed by atoms with E-state index in [0.717, 1.165) is 18.4 Å². The number of aldehydes is 1. The molecule has 1 aliphatic rings. The van der Waals surface area contributed by atoms with Gasteiger partial charge in [-0.15, -0.1) is 11.6 Å². The molecule has 0 atom stereocenters. The standard InChI is InChI=1S/C20H21N3O4.C13H13NO.C6H12.5C2H6.CH3Cl/c1-20(2,9-10-24)27-17-6-3-14(4-7-17)19(26)22-15-5-8-18-21-16(13-25)12-23(18)11-15;1-14-7-6-10-9-4-2-3-5-11(9)13(15)8-12(10)14;1-3-5-6-4-2;6*1-2/h3-8,11-13,24H,9-10H2,1-2H3,(H,22,26);2-5,8,15H,6-7H2,1H3;5-6H,3-4H2,1-2H3;5*1-2H3;1H3/b;;6-5-;;;;;;. The second-order valence-electron chi connectivity index (χ2n) is 12.2. The van der Waals surface area contributed by atoms with Crippen molar-refractivity contribution in [2.75, 3.05) is 36.8 Å². The highest BCUT2D eigenvalue weighted by Gasteiger charge is 2.20. The van der Waals surface area contributed by atoms with Gasteiger partial charge in [0.1, 0.15) is 28.4 Å². The number of imidazole rings is 1. The molecule has 9 nitrogen and oxygen atoms in total. The van der Waals surface area contributed by atoms with E-state index in [1.54, 1.807) is 53.2 Å². The van der Waals surface area contributed by atoms with Crippen LogP contribution in [0.2, 0.25) is 0 Å². The molecule has 10 heteroatoms. The van der Waals surface area contributed by atoms with E-state index in [-0.39, 0.29) is 12.5 Å². The third kappa shape index (κ3) is 20.4. The minimum absolute atomic E-state index is 0.0447. The Kier molecular flexibility index (Phi) is 35.7. The zero-order valence-corrected chi connectivity index (χ0v) is 40.6. The van der Waals surface area contributed by atoms with Crippen LogP contribution in [0, 0.1) is 0 Å². The average molecular weight is 852 g/mol. The van der Waals surface area contributed by atoms with E-state index < -0.39 is 5.60 Å². The lowest BCUT2D eigenvalue weighted by molar-refractivity contribution is 0.0765. The lowest BCUT2D eigenvalue weighted by Crippen LogP contribution is -2.29. The minimum atomic E-state index is -0.487. The fourth-order valence-corrected chi connectivity index (χ4v) is 5.40. The van der Waals surface area contributed by atoms with E-state index in [2.05, 4.69) is 65.9 Å². The van der Waals surface area contributed by atoms with Crippen LogP contribution in [0.5, 0.6) is 11.5 Å². The third-order valence-electron chi connectivity index (χ3n) is 7.93. The minimum Gasteiger partial charge on any atom is -0.507 e. The molecule has 0 fully saturated rings. The molecule has 336 valence electrons. The van der Waals surface area contributed by atoms with Gasteiger partial charge in [0.2, 0.25) is 0 Å². The summed E-state index contributed by atoms with van der Waals surface area (Å²) in [5.41, 5.74) is 4.09. The number of aromatic hydroxyl groups is 1. The van der Waals surface area contributed by atoms with Crippen LogP contribution in [0.25, 0.3) is 16.4 Å². The molecule has 0 radical (unpaired) electrons. The number of aliphatic hydroxyl groups excluding tert-OH is 1. The van der Waals surface area contributed by atoms with E-state index in [4.69, 9.17) is 9.84 Å². The summed E-state index contributed by atoms with van der Waals surface area (Å²) in [6.07, 6.45) is 13.7. The van der Waals surface area contributed by atoms with Crippen molar-refractivity contribution < 1.29 is 24.5 Å². The van der Waals surface area contributed by atoms with Crippen LogP contribution in [0.15, 0.2) is 91.3 Å². The first-order valence-electron chi connectivity index (χ1n) is 21.7. The lowest BCUT2D eigenvalue weighted by Gasteiger charge is -2.25. The fraction of sp³-hybridized carbons (Fsp3) is 0.460. The normalized spacial score (nSPS) is 10.4. The predicted molar refractivity (Wildman–Crippen MR) is 262 cm³/mol. The van der Waals surface area contributed by atoms with Gasteiger partial charge in [-0.25, -0.2) is 4.98 Å². The van der Waals surface area contributed by atoms with Crippen molar-refractivity contribution in [3.8, 4) is 11.5 Å². The van der Waals surface area contributed by atoms with Gasteiger partial charge < -0.3 is 29.6 Å². The Morgan fingerprint density at radius 1 is 0.850 bits per heavy atom. The zero-order chi connectivity index (χ0) is 46.7. The highest BCUT2D eigenvalue weighted by molar-refractivity contribution is 6.15. The van der Waals surface area contributed by atoms with E-state index in [1.807, 2.05) is 107 Å². The molecule has 1 amide bonds. The number of anilines is 2. The van der Waals surface area contributed by atoms with Crippen LogP contribution >= 0.6 is 11.6 Å². The van der Waals surface area contributed by atoms with Crippen LogP contribution in [-0.2, 0) is 6.42 Å². The molecule has 0 unspecified atom stereocenters. The van der Waals surface area contributed by atoms with Gasteiger partial charge in [0.05, 0.1) is 5.69 Å². The number of fused-ring (bicyclic) bond motifs is 4. The van der Waals surface area contributed by atoms with Gasteiger partial charge in [-0.1, -0.05) is 120 Å². The summed E-state index contributed by atoms with van der Waals surface area (Å²) in [5.74, 6) is 0.760. The van der Waals surface area contributed by atoms with Crippen molar-refractivity contribution in [2.24, 2.45) is 0 Å². The summed E-state index contributed by atoms with van der Waals surface area (Å²) in [4.78, 5) is 29.6. The Morgan fingerprint density at radius 2 is 1.40 bits per heavy atom. The molecule has 0 saturated heterocycles. The molecular formula is C50H79ClN4O5. The summed E-state index contributed by atoms with van der Waals surface area (Å²) >= 11 is 4.64. The van der Waals surface area contributed by atoms with Crippen LogP contribution < -0.4 is 15.0 Å². The molecule has 3 aromatic carbocycles. The van der Waals surface area contributed by atoms with Gasteiger partial charge in [0.25, 0.3) is 5.91 Å². The number of carbonyl (C=O) groups is 2. The number of nitrogens with zero attached hydrogens (tertiary/aromatic N) is 3. The summed E-state index contributed by atoms with van der Waals surface area (Å²) in [6, 6.07) is 20.2. The SMILES string of the molecule is CC.CC.CC.CC.CC.CC(C)(CCO)Oc1ccc(C(=O)Nc2ccc3nc(C=O)cn3c2)cc1.CC/C=C\CC.CCl.CN1CCc2c1cc(O)c1ccccc21. The molecular weight excluding hydrogens is 772 g/mol. The molecule has 0 spiro atoms. The Bertz CT molecular complexity index is 1860. The number of aromatic nitrogens is 2. The number of benzene rings is 3. The Balaban J connectivity index is -0.000000828. The van der Waals surface area contributed by atoms with Crippen LogP contribution in [-0.4, -0.2) is 64.0 Å². The smallest absolute Gasteiger partial charge is 0.255 e. The average Bonchev–Trinajstić information content (AvgIpc) is 3.90. The van der Waals surface area contributed by atoms with Gasteiger partial charge in [-0.2, -0.15) is 0 Å². The lowest BCUT2D eigenvalue weighted by atomic mass is 10.0. The number of hydrogen-bond acceptors (Lipinski definition) is 7. The number of aliphatic hydroxyl groups is 1. The number of pyridine rings is 1. The molecule has 6 rings (SSSR count). The Hall–Kier alpha value is -4.86. The summed E-state index contributed by atoms with van der Waals surface area (Å²) < 4.78 is 7.51. The van der Waals surface area contributed by atoms with E-state index in [1.165, 1.54) is 35.9 Å². The third-order valence-corrected chi connectivity index (χ3v) is 7.93. The van der Waals surface area contributed by atoms with Crippen molar-refractivity contribution in [3.63, 3.8) is 0 Å². The van der Waals surface area contributed by atoms with Gasteiger partial charge in [0, 0.05) is 68.1 Å².